The number of halogens is 4. The number of hydrogen-bond acceptors (Lipinski definition) is 5. The van der Waals surface area contributed by atoms with Crippen molar-refractivity contribution in [2.75, 3.05) is 10.6 Å². The molecule has 0 aliphatic carbocycles. The molecule has 0 atom stereocenters. The summed E-state index contributed by atoms with van der Waals surface area (Å²) < 4.78 is 50.1. The van der Waals surface area contributed by atoms with E-state index in [-0.39, 0.29) is 17.9 Å². The summed E-state index contributed by atoms with van der Waals surface area (Å²) in [6, 6.07) is 13.3. The summed E-state index contributed by atoms with van der Waals surface area (Å²) >= 11 is 5.61. The summed E-state index contributed by atoms with van der Waals surface area (Å²) in [7, 11) is 0. The minimum absolute atomic E-state index is 0.00675. The molecule has 0 radical (unpaired) electrons. The summed E-state index contributed by atoms with van der Waals surface area (Å²) in [6.07, 6.45) is -3.45. The number of amides is 2. The molecule has 7 nitrogen and oxygen atoms in total. The molecule has 196 valence electrons. The molecule has 1 heterocycles. The Morgan fingerprint density at radius 1 is 0.973 bits per heavy atom. The van der Waals surface area contributed by atoms with E-state index in [9.17, 15) is 22.8 Å². The van der Waals surface area contributed by atoms with Crippen LogP contribution in [-0.2, 0) is 22.1 Å². The zero-order valence-corrected chi connectivity index (χ0v) is 21.0. The van der Waals surface area contributed by atoms with Crippen LogP contribution in [0, 0.1) is 0 Å². The van der Waals surface area contributed by atoms with Gasteiger partial charge in [-0.3, -0.25) is 10.1 Å². The Morgan fingerprint density at radius 2 is 1.70 bits per heavy atom. The second-order valence-corrected chi connectivity index (χ2v) is 9.40. The van der Waals surface area contributed by atoms with E-state index in [1.807, 2.05) is 0 Å². The van der Waals surface area contributed by atoms with Gasteiger partial charge in [-0.2, -0.15) is 13.2 Å². The van der Waals surface area contributed by atoms with Crippen LogP contribution in [0.25, 0.3) is 0 Å². The average molecular weight is 536 g/mol. The average Bonchev–Trinajstić information content (AvgIpc) is 2.77. The predicted molar refractivity (Wildman–Crippen MR) is 134 cm³/mol. The number of hydrogen-bond donors (Lipinski definition) is 2. The smallest absolute Gasteiger partial charge is 0.417 e. The van der Waals surface area contributed by atoms with Crippen molar-refractivity contribution in [2.24, 2.45) is 0 Å². The molecular weight excluding hydrogens is 511 g/mol. The van der Waals surface area contributed by atoms with E-state index in [1.165, 1.54) is 18.3 Å². The molecule has 11 heteroatoms. The van der Waals surface area contributed by atoms with Crippen molar-refractivity contribution in [3.05, 3.63) is 76.9 Å². The summed E-state index contributed by atoms with van der Waals surface area (Å²) in [5.74, 6) is 0.697. The van der Waals surface area contributed by atoms with Gasteiger partial charge in [-0.25, -0.2) is 9.78 Å². The van der Waals surface area contributed by atoms with Crippen LogP contribution < -0.4 is 15.4 Å². The zero-order chi connectivity index (χ0) is 27.2. The number of carbonyl (C=O) groups is 2. The van der Waals surface area contributed by atoms with E-state index in [1.54, 1.807) is 51.1 Å². The van der Waals surface area contributed by atoms with Crippen LogP contribution in [0.3, 0.4) is 0 Å². The molecule has 0 bridgehead atoms. The Hall–Kier alpha value is -3.79. The maximum absolute atomic E-state index is 13.0. The zero-order valence-electron chi connectivity index (χ0n) is 20.3. The van der Waals surface area contributed by atoms with E-state index in [0.717, 1.165) is 17.7 Å². The number of benzene rings is 2. The number of nitrogens with zero attached hydrogens (tertiary/aromatic N) is 1. The lowest BCUT2D eigenvalue weighted by molar-refractivity contribution is -0.137. The first-order chi connectivity index (χ1) is 17.3. The molecule has 1 aromatic heterocycles. The number of anilines is 2. The van der Waals surface area contributed by atoms with Gasteiger partial charge in [-0.1, -0.05) is 23.7 Å². The summed E-state index contributed by atoms with van der Waals surface area (Å²) in [5, 5.41) is 4.56. The Balaban J connectivity index is 1.58. The fourth-order valence-electron chi connectivity index (χ4n) is 3.15. The molecule has 37 heavy (non-hydrogen) atoms. The van der Waals surface area contributed by atoms with E-state index >= 15 is 0 Å². The van der Waals surface area contributed by atoms with Gasteiger partial charge in [-0.05, 0) is 69.2 Å². The fourth-order valence-corrected chi connectivity index (χ4v) is 3.38. The molecule has 2 N–H and O–H groups in total. The summed E-state index contributed by atoms with van der Waals surface area (Å²) in [4.78, 5) is 28.3. The molecule has 3 aromatic rings. The lowest BCUT2D eigenvalue weighted by Gasteiger charge is -2.19. The van der Waals surface area contributed by atoms with Gasteiger partial charge < -0.3 is 14.8 Å². The van der Waals surface area contributed by atoms with Gasteiger partial charge >= 0.3 is 12.3 Å². The molecule has 0 saturated carbocycles. The monoisotopic (exact) mass is 535 g/mol. The minimum atomic E-state index is -4.63. The van der Waals surface area contributed by atoms with Crippen LogP contribution in [0.15, 0.2) is 60.8 Å². The molecule has 2 aromatic carbocycles. The van der Waals surface area contributed by atoms with Crippen LogP contribution >= 0.6 is 11.6 Å². The first-order valence-corrected chi connectivity index (χ1v) is 11.6. The number of nitrogens with one attached hydrogen (secondary N) is 2. The van der Waals surface area contributed by atoms with E-state index < -0.39 is 34.4 Å². The number of aromatic nitrogens is 1. The maximum Gasteiger partial charge on any atom is 0.417 e. The van der Waals surface area contributed by atoms with Gasteiger partial charge in [0.05, 0.1) is 10.6 Å². The van der Waals surface area contributed by atoms with Crippen molar-refractivity contribution in [3.8, 4) is 11.5 Å². The predicted octanol–water partition coefficient (Wildman–Crippen LogP) is 7.46. The number of aryl methyl sites for hydroxylation is 1. The second kappa shape index (κ2) is 11.5. The summed E-state index contributed by atoms with van der Waals surface area (Å²) in [5.41, 5.74) is -0.887. The number of rotatable bonds is 7. The molecule has 0 saturated heterocycles. The molecule has 0 unspecified atom stereocenters. The molecule has 2 amide bonds. The van der Waals surface area contributed by atoms with E-state index in [0.29, 0.717) is 17.9 Å². The van der Waals surface area contributed by atoms with Crippen molar-refractivity contribution in [1.29, 1.82) is 0 Å². The lowest BCUT2D eigenvalue weighted by atomic mass is 10.1. The van der Waals surface area contributed by atoms with E-state index in [2.05, 4.69) is 15.6 Å². The van der Waals surface area contributed by atoms with Crippen LogP contribution in [0.4, 0.5) is 29.5 Å². The van der Waals surface area contributed by atoms with Gasteiger partial charge in [0, 0.05) is 24.4 Å². The van der Waals surface area contributed by atoms with Crippen LogP contribution in [0.5, 0.6) is 11.5 Å². The third-order valence-corrected chi connectivity index (χ3v) is 5.02. The highest BCUT2D eigenvalue weighted by Crippen LogP contribution is 2.36. The van der Waals surface area contributed by atoms with Gasteiger partial charge in [-0.15, -0.1) is 0 Å². The van der Waals surface area contributed by atoms with Gasteiger partial charge in [0.1, 0.15) is 22.9 Å². The third-order valence-electron chi connectivity index (χ3n) is 4.69. The first-order valence-electron chi connectivity index (χ1n) is 11.2. The molecule has 0 aliphatic heterocycles. The standard InChI is InChI=1S/C26H25ClF3N3O4/c1-25(2,3)37-24(35)33-22-15-19(11-12-31-22)36-18-6-4-5-16(13-18)7-10-23(34)32-17-8-9-21(27)20(14-17)26(28,29)30/h4-6,8-9,11-15H,7,10H2,1-3H3,(H,32,34)(H,31,33,35). The van der Waals surface area contributed by atoms with Crippen molar-refractivity contribution in [3.63, 3.8) is 0 Å². The van der Waals surface area contributed by atoms with Crippen molar-refractivity contribution in [1.82, 2.24) is 4.98 Å². The highest BCUT2D eigenvalue weighted by atomic mass is 35.5. The van der Waals surface area contributed by atoms with Crippen molar-refractivity contribution in [2.45, 2.75) is 45.4 Å². The lowest BCUT2D eigenvalue weighted by Crippen LogP contribution is -2.27. The second-order valence-electron chi connectivity index (χ2n) is 8.99. The molecule has 3 rings (SSSR count). The largest absolute Gasteiger partial charge is 0.457 e. The van der Waals surface area contributed by atoms with Crippen LogP contribution in [-0.4, -0.2) is 22.6 Å². The minimum Gasteiger partial charge on any atom is -0.457 e. The molecule has 0 spiro atoms. The Bertz CT molecular complexity index is 1280. The SMILES string of the molecule is CC(C)(C)OC(=O)Nc1cc(Oc2cccc(CCC(=O)Nc3ccc(Cl)c(C(F)(F)F)c3)c2)ccn1. The Kier molecular flexibility index (Phi) is 8.65. The van der Waals surface area contributed by atoms with Crippen LogP contribution in [0.1, 0.15) is 38.3 Å². The quantitative estimate of drug-likeness (QED) is 0.327. The molecule has 0 fully saturated rings. The van der Waals surface area contributed by atoms with Gasteiger partial charge in [0.25, 0.3) is 0 Å². The highest BCUT2D eigenvalue weighted by molar-refractivity contribution is 6.31. The maximum atomic E-state index is 13.0. The number of ether oxygens (including phenoxy) is 2. The van der Waals surface area contributed by atoms with Crippen molar-refractivity contribution >= 4 is 35.1 Å². The Morgan fingerprint density at radius 3 is 2.41 bits per heavy atom. The molecule has 0 aliphatic rings. The van der Waals surface area contributed by atoms with Gasteiger partial charge in [0.15, 0.2) is 0 Å². The third kappa shape index (κ3) is 8.98. The number of alkyl halides is 3. The van der Waals surface area contributed by atoms with Gasteiger partial charge in [0.2, 0.25) is 5.91 Å². The topological polar surface area (TPSA) is 89.5 Å². The van der Waals surface area contributed by atoms with Crippen LogP contribution in [0.2, 0.25) is 5.02 Å². The highest BCUT2D eigenvalue weighted by Gasteiger charge is 2.33. The number of carbonyl (C=O) groups excluding carboxylic acids is 2. The Labute approximate surface area is 216 Å². The number of pyridine rings is 1. The van der Waals surface area contributed by atoms with Crippen molar-refractivity contribution < 1.29 is 32.2 Å². The summed E-state index contributed by atoms with van der Waals surface area (Å²) in [6.45, 7) is 5.24. The normalized spacial score (nSPS) is 11.5. The fraction of sp³-hybridized carbons (Fsp3) is 0.269. The molecular formula is C26H25ClF3N3O4. The first kappa shape index (κ1) is 27.8. The van der Waals surface area contributed by atoms with E-state index in [4.69, 9.17) is 21.1 Å².